The molecule has 0 atom stereocenters. The number of rotatable bonds is 4. The topological polar surface area (TPSA) is 26.0 Å². The highest BCUT2D eigenvalue weighted by Gasteiger charge is 2.18. The molecule has 0 radical (unpaired) electrons. The molecular formula is C16H13F4N. The first-order chi connectivity index (χ1) is 9.88. The summed E-state index contributed by atoms with van der Waals surface area (Å²) in [6, 6.07) is 7.58. The van der Waals surface area contributed by atoms with Gasteiger partial charge < -0.3 is 5.73 Å². The number of halogens is 4. The molecule has 0 aliphatic heterocycles. The minimum atomic E-state index is -1.80. The molecule has 1 nitrogen and oxygen atoms in total. The fourth-order valence-corrected chi connectivity index (χ4v) is 2.01. The van der Waals surface area contributed by atoms with Crippen molar-refractivity contribution in [2.24, 2.45) is 5.73 Å². The van der Waals surface area contributed by atoms with Crippen LogP contribution in [0.3, 0.4) is 0 Å². The van der Waals surface area contributed by atoms with Crippen molar-refractivity contribution in [2.75, 3.05) is 0 Å². The number of benzene rings is 2. The van der Waals surface area contributed by atoms with Gasteiger partial charge in [-0.25, -0.2) is 17.6 Å². The molecule has 0 bridgehead atoms. The van der Waals surface area contributed by atoms with Crippen LogP contribution in [0.25, 0.3) is 0 Å². The van der Waals surface area contributed by atoms with E-state index in [4.69, 9.17) is 5.73 Å². The van der Waals surface area contributed by atoms with Crippen LogP contribution >= 0.6 is 0 Å². The Morgan fingerprint density at radius 3 is 2.05 bits per heavy atom. The second kappa shape index (κ2) is 5.99. The zero-order valence-corrected chi connectivity index (χ0v) is 11.1. The first-order valence-electron chi connectivity index (χ1n) is 6.21. The molecular weight excluding hydrogens is 282 g/mol. The molecule has 0 aliphatic rings. The lowest BCUT2D eigenvalue weighted by Crippen LogP contribution is -2.03. The Labute approximate surface area is 119 Å². The van der Waals surface area contributed by atoms with Crippen LogP contribution in [0.15, 0.2) is 42.6 Å². The molecule has 2 rings (SSSR count). The molecule has 0 amide bonds. The largest absolute Gasteiger partial charge is 0.402 e. The van der Waals surface area contributed by atoms with E-state index in [0.717, 1.165) is 5.56 Å². The van der Waals surface area contributed by atoms with Gasteiger partial charge in [0, 0.05) is 18.5 Å². The highest BCUT2D eigenvalue weighted by atomic mass is 19.2. The standard InChI is InChI=1S/C16H13F4N/c1-9(21)6-10-2-4-11(5-3-10)7-12-8-13(17)15(19)16(20)14(12)18/h2-5,8H,1,6-7,21H2. The van der Waals surface area contributed by atoms with Gasteiger partial charge in [0.2, 0.25) is 0 Å². The van der Waals surface area contributed by atoms with E-state index in [1.807, 2.05) is 0 Å². The van der Waals surface area contributed by atoms with Gasteiger partial charge in [-0.05, 0) is 22.8 Å². The highest BCUT2D eigenvalue weighted by Crippen LogP contribution is 2.21. The third kappa shape index (κ3) is 3.42. The van der Waals surface area contributed by atoms with Crippen molar-refractivity contribution in [3.05, 3.63) is 82.6 Å². The third-order valence-corrected chi connectivity index (χ3v) is 3.03. The monoisotopic (exact) mass is 295 g/mol. The Kier molecular flexibility index (Phi) is 4.31. The van der Waals surface area contributed by atoms with Gasteiger partial charge in [0.05, 0.1) is 0 Å². The quantitative estimate of drug-likeness (QED) is 0.517. The van der Waals surface area contributed by atoms with Crippen LogP contribution in [0, 0.1) is 23.3 Å². The van der Waals surface area contributed by atoms with E-state index in [0.29, 0.717) is 23.7 Å². The number of nitrogens with two attached hydrogens (primary N) is 1. The molecule has 0 saturated carbocycles. The molecule has 0 aromatic heterocycles. The van der Waals surface area contributed by atoms with Crippen LogP contribution < -0.4 is 5.73 Å². The predicted molar refractivity (Wildman–Crippen MR) is 72.6 cm³/mol. The lowest BCUT2D eigenvalue weighted by atomic mass is 10.0. The van der Waals surface area contributed by atoms with Crippen LogP contribution in [-0.2, 0) is 12.8 Å². The molecule has 2 aromatic rings. The molecule has 0 unspecified atom stereocenters. The van der Waals surface area contributed by atoms with Crippen molar-refractivity contribution in [3.8, 4) is 0 Å². The zero-order valence-electron chi connectivity index (χ0n) is 11.1. The molecule has 0 saturated heterocycles. The normalized spacial score (nSPS) is 10.7. The van der Waals surface area contributed by atoms with E-state index in [2.05, 4.69) is 6.58 Å². The van der Waals surface area contributed by atoms with Gasteiger partial charge in [0.25, 0.3) is 0 Å². The molecule has 2 aromatic carbocycles. The summed E-state index contributed by atoms with van der Waals surface area (Å²) in [6.45, 7) is 3.59. The number of allylic oxidation sites excluding steroid dienone is 1. The summed E-state index contributed by atoms with van der Waals surface area (Å²) in [7, 11) is 0. The summed E-state index contributed by atoms with van der Waals surface area (Å²) in [6.07, 6.45) is 0.470. The Bertz CT molecular complexity index is 678. The van der Waals surface area contributed by atoms with Crippen LogP contribution in [0.5, 0.6) is 0 Å². The minimum Gasteiger partial charge on any atom is -0.402 e. The van der Waals surface area contributed by atoms with E-state index in [9.17, 15) is 17.6 Å². The summed E-state index contributed by atoms with van der Waals surface area (Å²) in [5.41, 5.74) is 7.33. The molecule has 0 aliphatic carbocycles. The molecule has 2 N–H and O–H groups in total. The van der Waals surface area contributed by atoms with Crippen molar-refractivity contribution in [3.63, 3.8) is 0 Å². The Hall–Kier alpha value is -2.30. The van der Waals surface area contributed by atoms with E-state index < -0.39 is 23.3 Å². The molecule has 0 heterocycles. The number of hydrogen-bond donors (Lipinski definition) is 1. The molecule has 0 spiro atoms. The molecule has 110 valence electrons. The molecule has 5 heteroatoms. The van der Waals surface area contributed by atoms with Gasteiger partial charge in [-0.3, -0.25) is 0 Å². The van der Waals surface area contributed by atoms with Gasteiger partial charge >= 0.3 is 0 Å². The fraction of sp³-hybridized carbons (Fsp3) is 0.125. The van der Waals surface area contributed by atoms with Crippen LogP contribution in [0.1, 0.15) is 16.7 Å². The van der Waals surface area contributed by atoms with E-state index in [1.54, 1.807) is 24.3 Å². The highest BCUT2D eigenvalue weighted by molar-refractivity contribution is 5.31. The average molecular weight is 295 g/mol. The van der Waals surface area contributed by atoms with Crippen LogP contribution in [0.4, 0.5) is 17.6 Å². The van der Waals surface area contributed by atoms with Gasteiger partial charge in [0.1, 0.15) is 0 Å². The van der Waals surface area contributed by atoms with E-state index >= 15 is 0 Å². The van der Waals surface area contributed by atoms with Crippen molar-refractivity contribution >= 4 is 0 Å². The second-order valence-corrected chi connectivity index (χ2v) is 4.79. The van der Waals surface area contributed by atoms with E-state index in [1.165, 1.54) is 0 Å². The van der Waals surface area contributed by atoms with Gasteiger partial charge in [-0.2, -0.15) is 0 Å². The summed E-state index contributed by atoms with van der Waals surface area (Å²) in [5, 5.41) is 0. The maximum Gasteiger partial charge on any atom is 0.197 e. The first-order valence-corrected chi connectivity index (χ1v) is 6.21. The van der Waals surface area contributed by atoms with Crippen LogP contribution in [-0.4, -0.2) is 0 Å². The summed E-state index contributed by atoms with van der Waals surface area (Å²) in [4.78, 5) is 0. The lowest BCUT2D eigenvalue weighted by molar-refractivity contribution is 0.405. The van der Waals surface area contributed by atoms with Crippen molar-refractivity contribution in [1.29, 1.82) is 0 Å². The molecule has 0 fully saturated rings. The third-order valence-electron chi connectivity index (χ3n) is 3.03. The van der Waals surface area contributed by atoms with Crippen molar-refractivity contribution < 1.29 is 17.6 Å². The maximum absolute atomic E-state index is 13.6. The van der Waals surface area contributed by atoms with Gasteiger partial charge in [-0.15, -0.1) is 0 Å². The minimum absolute atomic E-state index is 0.0379. The lowest BCUT2D eigenvalue weighted by Gasteiger charge is -2.07. The Morgan fingerprint density at radius 1 is 0.905 bits per heavy atom. The van der Waals surface area contributed by atoms with Crippen molar-refractivity contribution in [1.82, 2.24) is 0 Å². The second-order valence-electron chi connectivity index (χ2n) is 4.79. The first kappa shape index (κ1) is 15.1. The summed E-state index contributed by atoms with van der Waals surface area (Å²) in [5.74, 6) is -6.36. The number of hydrogen-bond acceptors (Lipinski definition) is 1. The van der Waals surface area contributed by atoms with E-state index in [-0.39, 0.29) is 12.0 Å². The predicted octanol–water partition coefficient (Wildman–Crippen LogP) is 3.85. The van der Waals surface area contributed by atoms with Gasteiger partial charge in [-0.1, -0.05) is 30.8 Å². The Balaban J connectivity index is 2.24. The average Bonchev–Trinajstić information content (AvgIpc) is 2.44. The zero-order chi connectivity index (χ0) is 15.6. The molecule has 21 heavy (non-hydrogen) atoms. The smallest absolute Gasteiger partial charge is 0.197 e. The van der Waals surface area contributed by atoms with Crippen LogP contribution in [0.2, 0.25) is 0 Å². The maximum atomic E-state index is 13.6. The fourth-order valence-electron chi connectivity index (χ4n) is 2.01. The summed E-state index contributed by atoms with van der Waals surface area (Å²) < 4.78 is 52.7. The SMILES string of the molecule is C=C(N)Cc1ccc(Cc2cc(F)c(F)c(F)c2F)cc1. The Morgan fingerprint density at radius 2 is 1.48 bits per heavy atom. The summed E-state index contributed by atoms with van der Waals surface area (Å²) >= 11 is 0. The van der Waals surface area contributed by atoms with Crippen molar-refractivity contribution in [2.45, 2.75) is 12.8 Å². The van der Waals surface area contributed by atoms with Gasteiger partial charge in [0.15, 0.2) is 23.3 Å².